The third kappa shape index (κ3) is 3.62. The van der Waals surface area contributed by atoms with Crippen molar-refractivity contribution in [3.8, 4) is 0 Å². The fraction of sp³-hybridized carbons (Fsp3) is 0.250. The van der Waals surface area contributed by atoms with Crippen molar-refractivity contribution in [3.05, 3.63) is 46.5 Å². The van der Waals surface area contributed by atoms with E-state index >= 15 is 0 Å². The smallest absolute Gasteiger partial charge is 0.257 e. The summed E-state index contributed by atoms with van der Waals surface area (Å²) in [5.41, 5.74) is 1.44. The number of carbonyl (C=O) groups excluding carboxylic acids is 3. The van der Waals surface area contributed by atoms with Crippen LogP contribution in [0.1, 0.15) is 27.2 Å². The van der Waals surface area contributed by atoms with Crippen molar-refractivity contribution in [1.82, 2.24) is 10.3 Å². The zero-order chi connectivity index (χ0) is 16.4. The van der Waals surface area contributed by atoms with Crippen LogP contribution in [0.25, 0.3) is 0 Å². The molecule has 0 aliphatic carbocycles. The molecule has 2 N–H and O–H groups in total. The van der Waals surface area contributed by atoms with E-state index in [4.69, 9.17) is 0 Å². The Hall–Kier alpha value is -2.54. The van der Waals surface area contributed by atoms with Gasteiger partial charge in [-0.15, -0.1) is 11.3 Å². The van der Waals surface area contributed by atoms with E-state index in [1.165, 1.54) is 11.3 Å². The van der Waals surface area contributed by atoms with Crippen molar-refractivity contribution in [2.75, 3.05) is 5.32 Å². The van der Waals surface area contributed by atoms with Crippen LogP contribution in [0.15, 0.2) is 30.5 Å². The quantitative estimate of drug-likeness (QED) is 0.839. The molecule has 1 aliphatic heterocycles. The van der Waals surface area contributed by atoms with Crippen LogP contribution in [0, 0.1) is 12.8 Å². The molecule has 0 bridgehead atoms. The monoisotopic (exact) mass is 329 g/mol. The van der Waals surface area contributed by atoms with Crippen LogP contribution in [0.5, 0.6) is 0 Å². The van der Waals surface area contributed by atoms with Crippen LogP contribution in [-0.2, 0) is 16.0 Å². The van der Waals surface area contributed by atoms with Crippen molar-refractivity contribution in [3.63, 3.8) is 0 Å². The second kappa shape index (κ2) is 6.29. The first-order valence-electron chi connectivity index (χ1n) is 7.17. The molecule has 2 aromatic rings. The summed E-state index contributed by atoms with van der Waals surface area (Å²) in [7, 11) is 0. The average molecular weight is 329 g/mol. The largest absolute Gasteiger partial charge is 0.298 e. The summed E-state index contributed by atoms with van der Waals surface area (Å²) < 4.78 is 0. The molecule has 1 aromatic carbocycles. The van der Waals surface area contributed by atoms with Gasteiger partial charge >= 0.3 is 0 Å². The molecule has 23 heavy (non-hydrogen) atoms. The summed E-state index contributed by atoms with van der Waals surface area (Å²) in [6.07, 6.45) is 2.42. The Morgan fingerprint density at radius 2 is 2.09 bits per heavy atom. The Kier molecular flexibility index (Phi) is 4.20. The van der Waals surface area contributed by atoms with Gasteiger partial charge in [0, 0.05) is 23.1 Å². The maximum Gasteiger partial charge on any atom is 0.257 e. The number of nitrogens with one attached hydrogen (secondary N) is 2. The lowest BCUT2D eigenvalue weighted by atomic mass is 9.97. The van der Waals surface area contributed by atoms with E-state index in [9.17, 15) is 14.4 Å². The molecule has 3 amide bonds. The SMILES string of the molecule is Cc1cnc(NC(=O)c2ccc(C[C@@H]3CC(=O)NC3=O)cc2)s1. The first-order valence-corrected chi connectivity index (χ1v) is 7.99. The van der Waals surface area contributed by atoms with Crippen LogP contribution >= 0.6 is 11.3 Å². The molecule has 0 unspecified atom stereocenters. The Balaban J connectivity index is 1.63. The highest BCUT2D eigenvalue weighted by Gasteiger charge is 2.30. The summed E-state index contributed by atoms with van der Waals surface area (Å²) in [6.45, 7) is 1.92. The van der Waals surface area contributed by atoms with E-state index in [0.29, 0.717) is 17.1 Å². The minimum Gasteiger partial charge on any atom is -0.298 e. The highest BCUT2D eigenvalue weighted by atomic mass is 32.1. The van der Waals surface area contributed by atoms with Gasteiger partial charge in [-0.2, -0.15) is 0 Å². The minimum absolute atomic E-state index is 0.223. The second-order valence-electron chi connectivity index (χ2n) is 5.44. The molecule has 6 nitrogen and oxygen atoms in total. The lowest BCUT2D eigenvalue weighted by Gasteiger charge is -2.07. The highest BCUT2D eigenvalue weighted by Crippen LogP contribution is 2.19. The second-order valence-corrected chi connectivity index (χ2v) is 6.68. The van der Waals surface area contributed by atoms with Crippen LogP contribution in [-0.4, -0.2) is 22.7 Å². The van der Waals surface area contributed by atoms with Gasteiger partial charge in [-0.25, -0.2) is 4.98 Å². The zero-order valence-electron chi connectivity index (χ0n) is 12.5. The number of aryl methyl sites for hydroxylation is 1. The van der Waals surface area contributed by atoms with E-state index in [2.05, 4.69) is 15.6 Å². The molecule has 3 rings (SSSR count). The van der Waals surface area contributed by atoms with Gasteiger partial charge < -0.3 is 0 Å². The minimum atomic E-state index is -0.319. The molecular weight excluding hydrogens is 314 g/mol. The normalized spacial score (nSPS) is 17.2. The zero-order valence-corrected chi connectivity index (χ0v) is 13.3. The number of amides is 3. The number of rotatable bonds is 4. The van der Waals surface area contributed by atoms with Gasteiger partial charge in [0.2, 0.25) is 11.8 Å². The first kappa shape index (κ1) is 15.4. The Labute approximate surface area is 136 Å². The molecule has 1 aliphatic rings. The van der Waals surface area contributed by atoms with E-state index in [1.54, 1.807) is 30.5 Å². The molecule has 0 spiro atoms. The van der Waals surface area contributed by atoms with Crippen LogP contribution in [0.4, 0.5) is 5.13 Å². The van der Waals surface area contributed by atoms with Gasteiger partial charge in [-0.05, 0) is 31.0 Å². The lowest BCUT2D eigenvalue weighted by Crippen LogP contribution is -2.22. The summed E-state index contributed by atoms with van der Waals surface area (Å²) in [5, 5.41) is 5.61. The molecule has 2 heterocycles. The van der Waals surface area contributed by atoms with Crippen molar-refractivity contribution < 1.29 is 14.4 Å². The molecule has 7 heteroatoms. The van der Waals surface area contributed by atoms with E-state index in [-0.39, 0.29) is 30.1 Å². The third-order valence-corrected chi connectivity index (χ3v) is 4.43. The number of thiazole rings is 1. The maximum absolute atomic E-state index is 12.1. The van der Waals surface area contributed by atoms with Crippen molar-refractivity contribution in [2.24, 2.45) is 5.92 Å². The molecular formula is C16H15N3O3S. The van der Waals surface area contributed by atoms with E-state index in [0.717, 1.165) is 10.4 Å². The number of benzene rings is 1. The van der Waals surface area contributed by atoms with Gasteiger partial charge in [0.05, 0.1) is 5.92 Å². The Bertz CT molecular complexity index is 767. The summed E-state index contributed by atoms with van der Waals surface area (Å²) in [6, 6.07) is 7.02. The first-order chi connectivity index (χ1) is 11.0. The molecule has 118 valence electrons. The Morgan fingerprint density at radius 3 is 2.65 bits per heavy atom. The molecule has 1 atom stereocenters. The van der Waals surface area contributed by atoms with Crippen molar-refractivity contribution in [2.45, 2.75) is 19.8 Å². The van der Waals surface area contributed by atoms with E-state index < -0.39 is 0 Å². The van der Waals surface area contributed by atoms with Crippen LogP contribution in [0.3, 0.4) is 0 Å². The molecule has 1 fully saturated rings. The predicted octanol–water partition coefficient (Wildman–Crippen LogP) is 1.91. The number of imide groups is 1. The van der Waals surface area contributed by atoms with Crippen LogP contribution in [0.2, 0.25) is 0 Å². The number of carbonyl (C=O) groups is 3. The molecule has 1 aromatic heterocycles. The predicted molar refractivity (Wildman–Crippen MR) is 86.2 cm³/mol. The van der Waals surface area contributed by atoms with Gasteiger partial charge in [0.1, 0.15) is 0 Å². The summed E-state index contributed by atoms with van der Waals surface area (Å²) >= 11 is 1.42. The molecule has 1 saturated heterocycles. The average Bonchev–Trinajstić information content (AvgIpc) is 3.05. The summed E-state index contributed by atoms with van der Waals surface area (Å²) in [4.78, 5) is 40.0. The van der Waals surface area contributed by atoms with Gasteiger partial charge in [0.25, 0.3) is 5.91 Å². The fourth-order valence-electron chi connectivity index (χ4n) is 2.43. The van der Waals surface area contributed by atoms with Crippen LogP contribution < -0.4 is 10.6 Å². The van der Waals surface area contributed by atoms with E-state index in [1.807, 2.05) is 6.92 Å². The number of hydrogen-bond donors (Lipinski definition) is 2. The third-order valence-electron chi connectivity index (χ3n) is 3.61. The maximum atomic E-state index is 12.1. The number of anilines is 1. The Morgan fingerprint density at radius 1 is 1.35 bits per heavy atom. The number of aromatic nitrogens is 1. The number of hydrogen-bond acceptors (Lipinski definition) is 5. The van der Waals surface area contributed by atoms with Gasteiger partial charge in [-0.3, -0.25) is 25.0 Å². The highest BCUT2D eigenvalue weighted by molar-refractivity contribution is 7.15. The lowest BCUT2D eigenvalue weighted by molar-refractivity contribution is -0.125. The number of nitrogens with zero attached hydrogens (tertiary/aromatic N) is 1. The summed E-state index contributed by atoms with van der Waals surface area (Å²) in [5.74, 6) is -0.995. The van der Waals surface area contributed by atoms with Gasteiger partial charge in [0.15, 0.2) is 5.13 Å². The fourth-order valence-corrected chi connectivity index (χ4v) is 3.09. The molecule has 0 saturated carbocycles. The molecule has 0 radical (unpaired) electrons. The van der Waals surface area contributed by atoms with Gasteiger partial charge in [-0.1, -0.05) is 12.1 Å². The van der Waals surface area contributed by atoms with Crippen molar-refractivity contribution >= 4 is 34.2 Å². The topological polar surface area (TPSA) is 88.2 Å². The standard InChI is InChI=1S/C16H15N3O3S/c1-9-8-17-16(23-9)19-14(21)11-4-2-10(3-5-11)6-12-7-13(20)18-15(12)22/h2-5,8,12H,6-7H2,1H3,(H,17,19,21)(H,18,20,22)/t12-/m1/s1. The van der Waals surface area contributed by atoms with Crippen molar-refractivity contribution in [1.29, 1.82) is 0 Å².